The molecule has 0 saturated heterocycles. The van der Waals surface area contributed by atoms with Crippen LogP contribution >= 0.6 is 0 Å². The Balaban J connectivity index is 1.88. The van der Waals surface area contributed by atoms with Crippen molar-refractivity contribution in [2.45, 2.75) is 6.42 Å². The molecule has 5 heteroatoms. The predicted molar refractivity (Wildman–Crippen MR) is 69.9 cm³/mol. The van der Waals surface area contributed by atoms with Crippen molar-refractivity contribution in [1.82, 2.24) is 9.97 Å². The first-order chi connectivity index (χ1) is 9.22. The summed E-state index contributed by atoms with van der Waals surface area (Å²) in [7, 11) is 0. The topological polar surface area (TPSA) is 75.2 Å². The van der Waals surface area contributed by atoms with Gasteiger partial charge in [-0.15, -0.1) is 0 Å². The largest absolute Gasteiger partial charge is 0.493 e. The van der Waals surface area contributed by atoms with Gasteiger partial charge in [0.05, 0.1) is 18.5 Å². The van der Waals surface area contributed by atoms with Crippen molar-refractivity contribution in [3.05, 3.63) is 41.9 Å². The maximum atomic E-state index is 10.4. The maximum Gasteiger partial charge on any atom is 0.328 e. The second kappa shape index (κ2) is 4.61. The van der Waals surface area contributed by atoms with Crippen molar-refractivity contribution in [2.24, 2.45) is 0 Å². The fourth-order valence-electron chi connectivity index (χ4n) is 2.07. The van der Waals surface area contributed by atoms with Crippen LogP contribution in [0.5, 0.6) is 5.75 Å². The summed E-state index contributed by atoms with van der Waals surface area (Å²) in [6.07, 6.45) is 5.10. The lowest BCUT2D eigenvalue weighted by Crippen LogP contribution is -1.86. The molecule has 0 amide bonds. The molecule has 0 saturated carbocycles. The average molecular weight is 256 g/mol. The molecule has 19 heavy (non-hydrogen) atoms. The molecule has 1 aromatic carbocycles. The Bertz CT molecular complexity index is 658. The zero-order chi connectivity index (χ0) is 13.2. The van der Waals surface area contributed by atoms with Crippen molar-refractivity contribution in [2.75, 3.05) is 6.61 Å². The van der Waals surface area contributed by atoms with E-state index in [0.717, 1.165) is 36.1 Å². The Morgan fingerprint density at radius 2 is 2.37 bits per heavy atom. The molecule has 0 spiro atoms. The van der Waals surface area contributed by atoms with Gasteiger partial charge in [0.1, 0.15) is 11.6 Å². The van der Waals surface area contributed by atoms with Gasteiger partial charge in [-0.3, -0.25) is 0 Å². The second-order valence-electron chi connectivity index (χ2n) is 4.27. The highest BCUT2D eigenvalue weighted by molar-refractivity contribution is 5.84. The van der Waals surface area contributed by atoms with Crippen LogP contribution in [0.3, 0.4) is 0 Å². The molecule has 2 aromatic rings. The summed E-state index contributed by atoms with van der Waals surface area (Å²) in [5.74, 6) is 0.469. The van der Waals surface area contributed by atoms with Crippen LogP contribution in [0.15, 0.2) is 30.5 Å². The minimum atomic E-state index is -0.993. The number of hydrogen-bond donors (Lipinski definition) is 2. The Morgan fingerprint density at radius 3 is 3.21 bits per heavy atom. The molecule has 0 bridgehead atoms. The van der Waals surface area contributed by atoms with Crippen LogP contribution in [0.25, 0.3) is 17.3 Å². The number of aliphatic carboxylic acids is 1. The fraction of sp³-hybridized carbons (Fsp3) is 0.143. The number of fused-ring (bicyclic) bond motifs is 1. The summed E-state index contributed by atoms with van der Waals surface area (Å²) in [5, 5.41) is 8.56. The number of aromatic nitrogens is 2. The predicted octanol–water partition coefficient (Wildman–Crippen LogP) is 2.11. The summed E-state index contributed by atoms with van der Waals surface area (Å²) in [5.41, 5.74) is 3.07. The third kappa shape index (κ3) is 2.35. The fourth-order valence-corrected chi connectivity index (χ4v) is 2.07. The van der Waals surface area contributed by atoms with Crippen molar-refractivity contribution < 1.29 is 14.6 Å². The van der Waals surface area contributed by atoms with E-state index < -0.39 is 5.97 Å². The van der Waals surface area contributed by atoms with Gasteiger partial charge in [0, 0.05) is 18.1 Å². The van der Waals surface area contributed by atoms with Crippen molar-refractivity contribution in [3.8, 4) is 17.0 Å². The third-order valence-electron chi connectivity index (χ3n) is 2.98. The van der Waals surface area contributed by atoms with Gasteiger partial charge in [-0.25, -0.2) is 9.78 Å². The molecule has 2 N–H and O–H groups in total. The highest BCUT2D eigenvalue weighted by atomic mass is 16.5. The van der Waals surface area contributed by atoms with Crippen LogP contribution in [0.4, 0.5) is 0 Å². The Kier molecular flexibility index (Phi) is 2.79. The van der Waals surface area contributed by atoms with Gasteiger partial charge < -0.3 is 14.8 Å². The van der Waals surface area contributed by atoms with Crippen LogP contribution in [-0.2, 0) is 11.2 Å². The molecule has 1 aliphatic heterocycles. The number of H-pyrrole nitrogens is 1. The second-order valence-corrected chi connectivity index (χ2v) is 4.27. The average Bonchev–Trinajstić information content (AvgIpc) is 3.04. The molecule has 1 aromatic heterocycles. The van der Waals surface area contributed by atoms with E-state index in [0.29, 0.717) is 5.82 Å². The zero-order valence-corrected chi connectivity index (χ0v) is 10.1. The van der Waals surface area contributed by atoms with Gasteiger partial charge in [-0.05, 0) is 29.8 Å². The molecule has 0 aliphatic carbocycles. The van der Waals surface area contributed by atoms with Crippen LogP contribution in [-0.4, -0.2) is 27.7 Å². The summed E-state index contributed by atoms with van der Waals surface area (Å²) in [6, 6.07) is 5.98. The van der Waals surface area contributed by atoms with Gasteiger partial charge in [0.15, 0.2) is 0 Å². The van der Waals surface area contributed by atoms with E-state index in [4.69, 9.17) is 9.84 Å². The number of nitrogens with zero attached hydrogens (tertiary/aromatic N) is 1. The van der Waals surface area contributed by atoms with E-state index in [1.54, 1.807) is 6.20 Å². The number of ether oxygens (including phenoxy) is 1. The number of hydrogen-bond acceptors (Lipinski definition) is 3. The summed E-state index contributed by atoms with van der Waals surface area (Å²) < 4.78 is 5.46. The number of carbonyl (C=O) groups is 1. The minimum absolute atomic E-state index is 0.522. The normalized spacial score (nSPS) is 13.5. The number of imidazole rings is 1. The SMILES string of the molecule is O=C(O)/C=C/c1ncc(-c2ccc3c(c2)CCO3)[nH]1. The van der Waals surface area contributed by atoms with E-state index in [9.17, 15) is 4.79 Å². The van der Waals surface area contributed by atoms with Gasteiger partial charge in [-0.2, -0.15) is 0 Å². The number of aromatic amines is 1. The molecular weight excluding hydrogens is 244 g/mol. The van der Waals surface area contributed by atoms with Crippen molar-refractivity contribution in [3.63, 3.8) is 0 Å². The number of carboxylic acid groups (broad SMARTS) is 1. The smallest absolute Gasteiger partial charge is 0.328 e. The van der Waals surface area contributed by atoms with Crippen LogP contribution in [0.1, 0.15) is 11.4 Å². The molecule has 0 unspecified atom stereocenters. The van der Waals surface area contributed by atoms with Crippen LogP contribution < -0.4 is 4.74 Å². The van der Waals surface area contributed by atoms with Gasteiger partial charge in [0.2, 0.25) is 0 Å². The number of nitrogens with one attached hydrogen (secondary N) is 1. The van der Waals surface area contributed by atoms with Crippen LogP contribution in [0.2, 0.25) is 0 Å². The molecular formula is C14H12N2O3. The highest BCUT2D eigenvalue weighted by Crippen LogP contribution is 2.29. The molecule has 3 rings (SSSR count). The molecule has 0 fully saturated rings. The Labute approximate surface area is 109 Å². The van der Waals surface area contributed by atoms with Gasteiger partial charge in [0.25, 0.3) is 0 Å². The van der Waals surface area contributed by atoms with E-state index in [2.05, 4.69) is 16.0 Å². The Hall–Kier alpha value is -2.56. The van der Waals surface area contributed by atoms with E-state index in [-0.39, 0.29) is 0 Å². The van der Waals surface area contributed by atoms with Crippen molar-refractivity contribution >= 4 is 12.0 Å². The molecule has 2 heterocycles. The summed E-state index contributed by atoms with van der Waals surface area (Å²) >= 11 is 0. The third-order valence-corrected chi connectivity index (χ3v) is 2.98. The molecule has 5 nitrogen and oxygen atoms in total. The molecule has 96 valence electrons. The zero-order valence-electron chi connectivity index (χ0n) is 10.1. The highest BCUT2D eigenvalue weighted by Gasteiger charge is 2.13. The molecule has 0 atom stereocenters. The summed E-state index contributed by atoms with van der Waals surface area (Å²) in [6.45, 7) is 0.731. The molecule has 0 radical (unpaired) electrons. The van der Waals surface area contributed by atoms with E-state index >= 15 is 0 Å². The van der Waals surface area contributed by atoms with Gasteiger partial charge in [-0.1, -0.05) is 0 Å². The standard InChI is InChI=1S/C14H12N2O3/c17-14(18)4-3-13-15-8-11(16-13)9-1-2-12-10(7-9)5-6-19-12/h1-4,7-8H,5-6H2,(H,15,16)(H,17,18)/b4-3+. The number of rotatable bonds is 3. The number of carboxylic acids is 1. The van der Waals surface area contributed by atoms with Crippen molar-refractivity contribution in [1.29, 1.82) is 0 Å². The lowest BCUT2D eigenvalue weighted by atomic mass is 10.1. The first-order valence-electron chi connectivity index (χ1n) is 5.94. The maximum absolute atomic E-state index is 10.4. The van der Waals surface area contributed by atoms with Gasteiger partial charge >= 0.3 is 5.97 Å². The van der Waals surface area contributed by atoms with E-state index in [1.807, 2.05) is 12.1 Å². The quantitative estimate of drug-likeness (QED) is 0.825. The lowest BCUT2D eigenvalue weighted by Gasteiger charge is -2.01. The monoisotopic (exact) mass is 256 g/mol. The Morgan fingerprint density at radius 1 is 1.47 bits per heavy atom. The number of benzene rings is 1. The lowest BCUT2D eigenvalue weighted by molar-refractivity contribution is -0.131. The first kappa shape index (κ1) is 11.5. The van der Waals surface area contributed by atoms with E-state index in [1.165, 1.54) is 11.6 Å². The first-order valence-corrected chi connectivity index (χ1v) is 5.94. The minimum Gasteiger partial charge on any atom is -0.493 e. The molecule has 1 aliphatic rings. The van der Waals surface area contributed by atoms with Crippen LogP contribution in [0, 0.1) is 0 Å². The summed E-state index contributed by atoms with van der Waals surface area (Å²) in [4.78, 5) is 17.6.